The van der Waals surface area contributed by atoms with Gasteiger partial charge in [-0.1, -0.05) is 17.7 Å². The molecule has 0 heterocycles. The summed E-state index contributed by atoms with van der Waals surface area (Å²) in [5.41, 5.74) is 3.06. The Bertz CT molecular complexity index is 371. The van der Waals surface area contributed by atoms with Crippen LogP contribution < -0.4 is 5.32 Å². The number of likely N-dealkylation sites (N-methyl/N-ethyl adjacent to an activating group) is 1. The molecule has 0 aliphatic heterocycles. The number of hydrogen-bond donors (Lipinski definition) is 1. The van der Waals surface area contributed by atoms with E-state index in [4.69, 9.17) is 11.6 Å². The van der Waals surface area contributed by atoms with E-state index in [0.29, 0.717) is 5.92 Å². The summed E-state index contributed by atoms with van der Waals surface area (Å²) in [6.45, 7) is 4.53. The number of aryl methyl sites for hydroxylation is 1. The molecule has 0 amide bonds. The Morgan fingerprint density at radius 2 is 2.13 bits per heavy atom. The number of halogens is 1. The first-order valence-corrected chi connectivity index (χ1v) is 5.89. The largest absolute Gasteiger partial charge is 0.314 e. The molecular weight excluding hydrogens is 206 g/mol. The Balaban J connectivity index is 2.37. The number of rotatable bonds is 2. The molecule has 1 aliphatic carbocycles. The summed E-state index contributed by atoms with van der Waals surface area (Å²) in [4.78, 5) is 0. The molecule has 1 nitrogen and oxygen atoms in total. The fraction of sp³-hybridized carbons (Fsp3) is 0.538. The van der Waals surface area contributed by atoms with Gasteiger partial charge in [0.15, 0.2) is 0 Å². The molecule has 0 aromatic heterocycles. The van der Waals surface area contributed by atoms with E-state index in [9.17, 15) is 0 Å². The number of fused-ring (bicyclic) bond motifs is 1. The average Bonchev–Trinajstić information content (AvgIpc) is 2.61. The number of benzene rings is 1. The predicted octanol–water partition coefficient (Wildman–Crippen LogP) is 3.37. The SMILES string of the molecule is CNC(C)(C)C1CCc2cc(Cl)ccc21. The highest BCUT2D eigenvalue weighted by molar-refractivity contribution is 6.30. The molecule has 1 N–H and O–H groups in total. The van der Waals surface area contributed by atoms with E-state index in [1.807, 2.05) is 13.1 Å². The van der Waals surface area contributed by atoms with Gasteiger partial charge in [-0.2, -0.15) is 0 Å². The molecule has 15 heavy (non-hydrogen) atoms. The van der Waals surface area contributed by atoms with E-state index in [0.717, 1.165) is 11.4 Å². The Morgan fingerprint density at radius 1 is 1.40 bits per heavy atom. The van der Waals surface area contributed by atoms with Gasteiger partial charge in [-0.3, -0.25) is 0 Å². The summed E-state index contributed by atoms with van der Waals surface area (Å²) in [7, 11) is 2.04. The lowest BCUT2D eigenvalue weighted by molar-refractivity contribution is 0.341. The van der Waals surface area contributed by atoms with Crippen molar-refractivity contribution in [3.63, 3.8) is 0 Å². The molecule has 1 aromatic carbocycles. The highest BCUT2D eigenvalue weighted by Crippen LogP contribution is 2.40. The zero-order chi connectivity index (χ0) is 11.1. The lowest BCUT2D eigenvalue weighted by atomic mass is 9.83. The maximum atomic E-state index is 6.00. The van der Waals surface area contributed by atoms with Crippen LogP contribution in [0.25, 0.3) is 0 Å². The summed E-state index contributed by atoms with van der Waals surface area (Å²) in [6, 6.07) is 6.31. The van der Waals surface area contributed by atoms with Gasteiger partial charge in [0.1, 0.15) is 0 Å². The van der Waals surface area contributed by atoms with E-state index in [1.165, 1.54) is 17.5 Å². The van der Waals surface area contributed by atoms with Gasteiger partial charge < -0.3 is 5.32 Å². The summed E-state index contributed by atoms with van der Waals surface area (Å²) in [6.07, 6.45) is 2.38. The lowest BCUT2D eigenvalue weighted by Gasteiger charge is -2.32. The van der Waals surface area contributed by atoms with E-state index >= 15 is 0 Å². The van der Waals surface area contributed by atoms with Crippen molar-refractivity contribution in [1.29, 1.82) is 0 Å². The first-order chi connectivity index (χ1) is 7.04. The molecule has 0 radical (unpaired) electrons. The molecule has 1 atom stereocenters. The van der Waals surface area contributed by atoms with E-state index < -0.39 is 0 Å². The minimum atomic E-state index is 0.166. The zero-order valence-corrected chi connectivity index (χ0v) is 10.4. The monoisotopic (exact) mass is 223 g/mol. The highest BCUT2D eigenvalue weighted by Gasteiger charge is 2.34. The summed E-state index contributed by atoms with van der Waals surface area (Å²) in [5, 5.41) is 4.26. The number of hydrogen-bond acceptors (Lipinski definition) is 1. The van der Waals surface area contributed by atoms with Crippen molar-refractivity contribution in [2.75, 3.05) is 7.05 Å². The van der Waals surface area contributed by atoms with Gasteiger partial charge in [0.25, 0.3) is 0 Å². The van der Waals surface area contributed by atoms with Crippen molar-refractivity contribution in [1.82, 2.24) is 5.32 Å². The fourth-order valence-corrected chi connectivity index (χ4v) is 2.70. The van der Waals surface area contributed by atoms with Crippen LogP contribution >= 0.6 is 11.6 Å². The van der Waals surface area contributed by atoms with Crippen molar-refractivity contribution in [2.45, 2.75) is 38.1 Å². The fourth-order valence-electron chi connectivity index (χ4n) is 2.51. The summed E-state index contributed by atoms with van der Waals surface area (Å²) >= 11 is 6.00. The van der Waals surface area contributed by atoms with Gasteiger partial charge in [0.2, 0.25) is 0 Å². The third kappa shape index (κ3) is 1.91. The van der Waals surface area contributed by atoms with Crippen LogP contribution in [0.15, 0.2) is 18.2 Å². The van der Waals surface area contributed by atoms with Crippen LogP contribution in [0.5, 0.6) is 0 Å². The van der Waals surface area contributed by atoms with Crippen LogP contribution in [0.1, 0.15) is 37.3 Å². The normalized spacial score (nSPS) is 20.4. The maximum absolute atomic E-state index is 6.00. The van der Waals surface area contributed by atoms with Crippen LogP contribution in [-0.2, 0) is 6.42 Å². The molecule has 82 valence electrons. The quantitative estimate of drug-likeness (QED) is 0.811. The second-order valence-electron chi connectivity index (χ2n) is 4.91. The Morgan fingerprint density at radius 3 is 2.80 bits per heavy atom. The average molecular weight is 224 g/mol. The highest BCUT2D eigenvalue weighted by atomic mass is 35.5. The smallest absolute Gasteiger partial charge is 0.0408 e. The van der Waals surface area contributed by atoms with Crippen molar-refractivity contribution in [3.8, 4) is 0 Å². The first kappa shape index (κ1) is 11.0. The van der Waals surface area contributed by atoms with Gasteiger partial charge in [-0.25, -0.2) is 0 Å². The van der Waals surface area contributed by atoms with Crippen molar-refractivity contribution < 1.29 is 0 Å². The van der Waals surface area contributed by atoms with Crippen molar-refractivity contribution >= 4 is 11.6 Å². The predicted molar refractivity (Wildman–Crippen MR) is 65.7 cm³/mol. The van der Waals surface area contributed by atoms with E-state index in [2.05, 4.69) is 31.3 Å². The molecule has 2 heteroatoms. The molecule has 0 spiro atoms. The lowest BCUT2D eigenvalue weighted by Crippen LogP contribution is -2.41. The van der Waals surface area contributed by atoms with Crippen molar-refractivity contribution in [3.05, 3.63) is 34.3 Å². The molecule has 1 aromatic rings. The van der Waals surface area contributed by atoms with Gasteiger partial charge in [0.05, 0.1) is 0 Å². The molecule has 0 bridgehead atoms. The second-order valence-corrected chi connectivity index (χ2v) is 5.34. The third-order valence-electron chi connectivity index (χ3n) is 3.70. The molecule has 1 unspecified atom stereocenters. The second kappa shape index (κ2) is 3.80. The molecule has 2 rings (SSSR count). The standard InChI is InChI=1S/C13H18ClN/c1-13(2,15-3)12-7-4-9-8-10(14)5-6-11(9)12/h5-6,8,12,15H,4,7H2,1-3H3. The Labute approximate surface area is 96.8 Å². The molecule has 0 fully saturated rings. The van der Waals surface area contributed by atoms with E-state index in [1.54, 1.807) is 0 Å². The maximum Gasteiger partial charge on any atom is 0.0408 e. The Kier molecular flexibility index (Phi) is 2.78. The summed E-state index contributed by atoms with van der Waals surface area (Å²) in [5.74, 6) is 0.606. The van der Waals surface area contributed by atoms with Crippen LogP contribution in [0, 0.1) is 0 Å². The van der Waals surface area contributed by atoms with Crippen LogP contribution in [0.3, 0.4) is 0 Å². The third-order valence-corrected chi connectivity index (χ3v) is 3.93. The van der Waals surface area contributed by atoms with Gasteiger partial charge >= 0.3 is 0 Å². The minimum Gasteiger partial charge on any atom is -0.314 e. The zero-order valence-electron chi connectivity index (χ0n) is 9.60. The van der Waals surface area contributed by atoms with Crippen LogP contribution in [0.2, 0.25) is 5.02 Å². The summed E-state index contributed by atoms with van der Waals surface area (Å²) < 4.78 is 0. The topological polar surface area (TPSA) is 12.0 Å². The first-order valence-electron chi connectivity index (χ1n) is 5.52. The van der Waals surface area contributed by atoms with Crippen molar-refractivity contribution in [2.24, 2.45) is 0 Å². The van der Waals surface area contributed by atoms with Gasteiger partial charge in [-0.15, -0.1) is 0 Å². The minimum absolute atomic E-state index is 0.166. The van der Waals surface area contributed by atoms with E-state index in [-0.39, 0.29) is 5.54 Å². The molecule has 0 saturated carbocycles. The van der Waals surface area contributed by atoms with Crippen LogP contribution in [-0.4, -0.2) is 12.6 Å². The molecule has 1 aliphatic rings. The Hall–Kier alpha value is -0.530. The molecular formula is C13H18ClN. The number of nitrogens with one attached hydrogen (secondary N) is 1. The molecule has 0 saturated heterocycles. The van der Waals surface area contributed by atoms with Gasteiger partial charge in [0, 0.05) is 16.5 Å². The van der Waals surface area contributed by atoms with Gasteiger partial charge in [-0.05, 0) is 57.0 Å². The van der Waals surface area contributed by atoms with Crippen LogP contribution in [0.4, 0.5) is 0 Å².